The van der Waals surface area contributed by atoms with Crippen molar-refractivity contribution in [2.45, 2.75) is 148 Å². The Hall–Kier alpha value is -1.60. The number of ether oxygens (including phenoxy) is 1. The molecule has 0 spiro atoms. The third-order valence-electron chi connectivity index (χ3n) is 6.01. The predicted octanol–water partition coefficient (Wildman–Crippen LogP) is 6.17. The van der Waals surface area contributed by atoms with Crippen molar-refractivity contribution < 1.29 is 24.5 Å². The third-order valence-corrected chi connectivity index (χ3v) is 6.01. The van der Waals surface area contributed by atoms with E-state index in [1.807, 2.05) is 26.8 Å². The van der Waals surface area contributed by atoms with Crippen molar-refractivity contribution in [2.75, 3.05) is 13.2 Å². The normalized spacial score (nSPS) is 13.5. The number of unbranched alkanes of at least 4 members (excludes halogenated alkanes) is 13. The lowest BCUT2D eigenvalue weighted by Crippen LogP contribution is -2.45. The van der Waals surface area contributed by atoms with Crippen molar-refractivity contribution in [3.05, 3.63) is 12.2 Å². The molecule has 0 radical (unpaired) electrons. The van der Waals surface area contributed by atoms with E-state index in [-0.39, 0.29) is 12.5 Å². The van der Waals surface area contributed by atoms with Gasteiger partial charge in [0.2, 0.25) is 5.91 Å². The number of alkyl carbamates (subject to hydrolysis) is 1. The molecule has 0 bridgehead atoms. The highest BCUT2D eigenvalue weighted by atomic mass is 16.6. The molecule has 0 aromatic rings. The molecule has 0 aliphatic carbocycles. The van der Waals surface area contributed by atoms with Crippen LogP contribution in [0.3, 0.4) is 0 Å². The van der Waals surface area contributed by atoms with Crippen LogP contribution in [0.1, 0.15) is 130 Å². The minimum atomic E-state index is -0.898. The summed E-state index contributed by atoms with van der Waals surface area (Å²) >= 11 is 0. The Morgan fingerprint density at radius 2 is 1.42 bits per heavy atom. The molecule has 0 saturated carbocycles. The van der Waals surface area contributed by atoms with Crippen LogP contribution in [0.4, 0.5) is 4.79 Å². The number of hydrogen-bond acceptors (Lipinski definition) is 5. The van der Waals surface area contributed by atoms with Crippen LogP contribution in [0.25, 0.3) is 0 Å². The lowest BCUT2D eigenvalue weighted by Gasteiger charge is -2.20. The van der Waals surface area contributed by atoms with E-state index >= 15 is 0 Å². The molecule has 0 aliphatic heterocycles. The van der Waals surface area contributed by atoms with Gasteiger partial charge in [0.05, 0.1) is 18.8 Å². The van der Waals surface area contributed by atoms with E-state index in [9.17, 15) is 19.8 Å². The Labute approximate surface area is 220 Å². The first-order chi connectivity index (χ1) is 17.2. The van der Waals surface area contributed by atoms with Crippen LogP contribution in [0.2, 0.25) is 0 Å². The molecule has 212 valence electrons. The summed E-state index contributed by atoms with van der Waals surface area (Å²) < 4.78 is 5.17. The fraction of sp³-hybridized carbons (Fsp3) is 0.862. The molecule has 2 atom stereocenters. The monoisotopic (exact) mass is 512 g/mol. The van der Waals surface area contributed by atoms with Crippen LogP contribution in [0, 0.1) is 0 Å². The number of amides is 2. The van der Waals surface area contributed by atoms with E-state index in [1.54, 1.807) is 6.08 Å². The minimum absolute atomic E-state index is 0.188. The Balaban J connectivity index is 3.80. The molecule has 0 fully saturated rings. The quantitative estimate of drug-likeness (QED) is 0.103. The van der Waals surface area contributed by atoms with E-state index in [0.29, 0.717) is 19.4 Å². The average Bonchev–Trinajstić information content (AvgIpc) is 2.81. The second-order valence-electron chi connectivity index (χ2n) is 10.8. The Kier molecular flexibility index (Phi) is 21.6. The average molecular weight is 513 g/mol. The lowest BCUT2D eigenvalue weighted by atomic mass is 10.0. The number of hydrogen-bond donors (Lipinski definition) is 4. The van der Waals surface area contributed by atoms with E-state index in [2.05, 4.69) is 17.6 Å². The molecule has 0 aromatic heterocycles. The topological polar surface area (TPSA) is 108 Å². The molecule has 0 aliphatic rings. The van der Waals surface area contributed by atoms with Crippen LogP contribution < -0.4 is 10.6 Å². The first-order valence-electron chi connectivity index (χ1n) is 14.4. The van der Waals surface area contributed by atoms with Gasteiger partial charge in [0.25, 0.3) is 0 Å². The molecule has 7 nitrogen and oxygen atoms in total. The number of aliphatic hydroxyl groups is 2. The van der Waals surface area contributed by atoms with E-state index in [4.69, 9.17) is 4.74 Å². The molecule has 0 unspecified atom stereocenters. The Morgan fingerprint density at radius 3 is 1.97 bits per heavy atom. The summed E-state index contributed by atoms with van der Waals surface area (Å²) in [7, 11) is 0. The van der Waals surface area contributed by atoms with Crippen molar-refractivity contribution in [1.29, 1.82) is 0 Å². The van der Waals surface area contributed by atoms with Gasteiger partial charge in [0, 0.05) is 13.0 Å². The molecular formula is C29H56N2O5. The number of carbonyl (C=O) groups is 2. The smallest absolute Gasteiger partial charge is 0.407 e. The number of carbonyl (C=O) groups excluding carboxylic acids is 2. The lowest BCUT2D eigenvalue weighted by molar-refractivity contribution is -0.123. The van der Waals surface area contributed by atoms with E-state index in [0.717, 1.165) is 25.7 Å². The zero-order valence-electron chi connectivity index (χ0n) is 23.7. The zero-order valence-corrected chi connectivity index (χ0v) is 23.7. The Bertz CT molecular complexity index is 575. The van der Waals surface area contributed by atoms with Gasteiger partial charge in [-0.25, -0.2) is 4.79 Å². The summed E-state index contributed by atoms with van der Waals surface area (Å²) in [6.07, 6.45) is 20.1. The summed E-state index contributed by atoms with van der Waals surface area (Å²) in [5.74, 6) is -0.188. The van der Waals surface area contributed by atoms with Gasteiger partial charge in [0.1, 0.15) is 5.60 Å². The fourth-order valence-corrected chi connectivity index (χ4v) is 3.91. The van der Waals surface area contributed by atoms with Crippen LogP contribution in [0.5, 0.6) is 0 Å². The van der Waals surface area contributed by atoms with Crippen molar-refractivity contribution >= 4 is 12.0 Å². The third kappa shape index (κ3) is 22.8. The SMILES string of the molecule is CCCCCCCCCCCCC/C=C/[C@@H](O)[C@H](CO)NC(=O)CCCCCNC(=O)OC(C)(C)C. The van der Waals surface area contributed by atoms with Gasteiger partial charge in [-0.1, -0.05) is 89.7 Å². The van der Waals surface area contributed by atoms with E-state index in [1.165, 1.54) is 64.2 Å². The van der Waals surface area contributed by atoms with Gasteiger partial charge >= 0.3 is 6.09 Å². The molecule has 0 aromatic carbocycles. The van der Waals surface area contributed by atoms with Gasteiger partial charge in [-0.3, -0.25) is 4.79 Å². The highest BCUT2D eigenvalue weighted by molar-refractivity contribution is 5.76. The number of rotatable bonds is 22. The highest BCUT2D eigenvalue weighted by Crippen LogP contribution is 2.12. The molecule has 0 saturated heterocycles. The zero-order chi connectivity index (χ0) is 27.1. The molecule has 0 rings (SSSR count). The standard InChI is InChI=1S/C29H56N2O5/c1-5-6-7-8-9-10-11-12-13-14-15-16-18-21-26(33)25(24-32)31-27(34)22-19-17-20-23-30-28(35)36-29(2,3)4/h18,21,25-26,32-33H,5-17,19-20,22-24H2,1-4H3,(H,30,35)(H,31,34)/b21-18+/t25-,26+/m0/s1. The molecule has 2 amide bonds. The second kappa shape index (κ2) is 22.6. The summed E-state index contributed by atoms with van der Waals surface area (Å²) in [5, 5.41) is 25.3. The first kappa shape index (κ1) is 34.4. The second-order valence-corrected chi connectivity index (χ2v) is 10.8. The largest absolute Gasteiger partial charge is 0.444 e. The highest BCUT2D eigenvalue weighted by Gasteiger charge is 2.18. The van der Waals surface area contributed by atoms with Gasteiger partial charge < -0.3 is 25.6 Å². The first-order valence-corrected chi connectivity index (χ1v) is 14.4. The molecule has 0 heterocycles. The predicted molar refractivity (Wildman–Crippen MR) is 148 cm³/mol. The summed E-state index contributed by atoms with van der Waals surface area (Å²) in [6.45, 7) is 7.89. The van der Waals surface area contributed by atoms with Crippen LogP contribution in [-0.2, 0) is 9.53 Å². The maximum Gasteiger partial charge on any atom is 0.407 e. The van der Waals surface area contributed by atoms with Crippen LogP contribution >= 0.6 is 0 Å². The van der Waals surface area contributed by atoms with Gasteiger partial charge in [0.15, 0.2) is 0 Å². The van der Waals surface area contributed by atoms with Gasteiger partial charge in [-0.2, -0.15) is 0 Å². The maximum absolute atomic E-state index is 12.2. The summed E-state index contributed by atoms with van der Waals surface area (Å²) in [4.78, 5) is 23.7. The van der Waals surface area contributed by atoms with Crippen molar-refractivity contribution in [1.82, 2.24) is 10.6 Å². The minimum Gasteiger partial charge on any atom is -0.444 e. The van der Waals surface area contributed by atoms with Crippen molar-refractivity contribution in [3.8, 4) is 0 Å². The number of aliphatic hydroxyl groups excluding tert-OH is 2. The van der Waals surface area contributed by atoms with Crippen molar-refractivity contribution in [3.63, 3.8) is 0 Å². The van der Waals surface area contributed by atoms with Gasteiger partial charge in [-0.15, -0.1) is 0 Å². The molecule has 7 heteroatoms. The van der Waals surface area contributed by atoms with Crippen LogP contribution in [0.15, 0.2) is 12.2 Å². The van der Waals surface area contributed by atoms with Crippen molar-refractivity contribution in [2.24, 2.45) is 0 Å². The maximum atomic E-state index is 12.2. The molecular weight excluding hydrogens is 456 g/mol. The summed E-state index contributed by atoms with van der Waals surface area (Å²) in [6, 6.07) is -0.695. The Morgan fingerprint density at radius 1 is 0.861 bits per heavy atom. The van der Waals surface area contributed by atoms with E-state index < -0.39 is 23.8 Å². The molecule has 4 N–H and O–H groups in total. The number of allylic oxidation sites excluding steroid dienone is 1. The summed E-state index contributed by atoms with van der Waals surface area (Å²) in [5.41, 5.74) is -0.516. The fourth-order valence-electron chi connectivity index (χ4n) is 3.91. The molecule has 36 heavy (non-hydrogen) atoms. The van der Waals surface area contributed by atoms with Gasteiger partial charge in [-0.05, 0) is 46.5 Å². The van der Waals surface area contributed by atoms with Crippen LogP contribution in [-0.4, -0.2) is 53.1 Å². The number of nitrogens with one attached hydrogen (secondary N) is 2.